The third kappa shape index (κ3) is 3.38. The molecule has 25 heavy (non-hydrogen) atoms. The van der Waals surface area contributed by atoms with E-state index < -0.39 is 0 Å². The zero-order chi connectivity index (χ0) is 17.2. The molecule has 0 spiro atoms. The monoisotopic (exact) mass is 371 g/mol. The van der Waals surface area contributed by atoms with Crippen LogP contribution < -0.4 is 10.2 Å². The first-order chi connectivity index (χ1) is 12.2. The highest BCUT2D eigenvalue weighted by atomic mass is 35.5. The second kappa shape index (κ2) is 6.86. The highest BCUT2D eigenvalue weighted by Crippen LogP contribution is 2.32. The van der Waals surface area contributed by atoms with Crippen molar-refractivity contribution in [3.05, 3.63) is 64.3 Å². The van der Waals surface area contributed by atoms with Crippen molar-refractivity contribution in [2.75, 3.05) is 16.8 Å². The van der Waals surface area contributed by atoms with E-state index in [2.05, 4.69) is 43.6 Å². The molecule has 1 aliphatic heterocycles. The molecule has 2 heterocycles. The van der Waals surface area contributed by atoms with Crippen LogP contribution in [-0.2, 0) is 6.42 Å². The largest absolute Gasteiger partial charge is 0.339 e. The number of halogens is 2. The zero-order valence-electron chi connectivity index (χ0n) is 13.3. The molecule has 1 N–H and O–H groups in total. The molecule has 1 aromatic heterocycles. The predicted octanol–water partition coefficient (Wildman–Crippen LogP) is 5.01. The number of aromatic nitrogens is 3. The number of hydrogen-bond donors (Lipinski definition) is 1. The van der Waals surface area contributed by atoms with Crippen LogP contribution in [0, 0.1) is 0 Å². The van der Waals surface area contributed by atoms with Gasteiger partial charge in [-0.05, 0) is 42.7 Å². The van der Waals surface area contributed by atoms with Crippen LogP contribution in [0.15, 0.2) is 48.7 Å². The Morgan fingerprint density at radius 3 is 2.80 bits per heavy atom. The van der Waals surface area contributed by atoms with Crippen molar-refractivity contribution in [1.82, 2.24) is 15.2 Å². The number of benzene rings is 2. The lowest BCUT2D eigenvalue weighted by molar-refractivity contribution is 0.742. The Kier molecular flexibility index (Phi) is 4.42. The average molecular weight is 372 g/mol. The van der Waals surface area contributed by atoms with E-state index in [1.807, 2.05) is 12.1 Å². The van der Waals surface area contributed by atoms with E-state index in [1.54, 1.807) is 18.3 Å². The Bertz CT molecular complexity index is 915. The average Bonchev–Trinajstić information content (AvgIpc) is 2.64. The van der Waals surface area contributed by atoms with Crippen molar-refractivity contribution < 1.29 is 0 Å². The molecule has 4 rings (SSSR count). The molecule has 2 aromatic carbocycles. The van der Waals surface area contributed by atoms with Crippen LogP contribution in [0.4, 0.5) is 23.1 Å². The van der Waals surface area contributed by atoms with Crippen molar-refractivity contribution >= 4 is 46.3 Å². The molecular formula is C18H15Cl2N5. The minimum atomic E-state index is 0.485. The summed E-state index contributed by atoms with van der Waals surface area (Å²) < 4.78 is 0. The number of hydrogen-bond acceptors (Lipinski definition) is 5. The van der Waals surface area contributed by atoms with Gasteiger partial charge >= 0.3 is 0 Å². The van der Waals surface area contributed by atoms with Gasteiger partial charge in [0.25, 0.3) is 5.95 Å². The molecule has 0 aliphatic carbocycles. The van der Waals surface area contributed by atoms with Crippen LogP contribution in [-0.4, -0.2) is 21.7 Å². The molecule has 7 heteroatoms. The number of rotatable bonds is 3. The van der Waals surface area contributed by atoms with Crippen LogP contribution >= 0.6 is 23.2 Å². The maximum absolute atomic E-state index is 6.06. The van der Waals surface area contributed by atoms with Crippen molar-refractivity contribution in [3.63, 3.8) is 0 Å². The van der Waals surface area contributed by atoms with Crippen LogP contribution in [0.1, 0.15) is 12.0 Å². The lowest BCUT2D eigenvalue weighted by Gasteiger charge is -2.29. The molecule has 3 aromatic rings. The minimum Gasteiger partial charge on any atom is -0.339 e. The number of anilines is 4. The van der Waals surface area contributed by atoms with Crippen LogP contribution in [0.3, 0.4) is 0 Å². The van der Waals surface area contributed by atoms with Crippen LogP contribution in [0.2, 0.25) is 10.0 Å². The first-order valence-corrected chi connectivity index (χ1v) is 8.73. The number of para-hydroxylation sites is 1. The quantitative estimate of drug-likeness (QED) is 0.701. The summed E-state index contributed by atoms with van der Waals surface area (Å²) in [6.45, 7) is 0.870. The molecule has 0 unspecified atom stereocenters. The molecule has 5 nitrogen and oxygen atoms in total. The fourth-order valence-corrected chi connectivity index (χ4v) is 3.23. The highest BCUT2D eigenvalue weighted by Gasteiger charge is 2.20. The first-order valence-electron chi connectivity index (χ1n) is 7.98. The fourth-order valence-electron chi connectivity index (χ4n) is 2.93. The predicted molar refractivity (Wildman–Crippen MR) is 101 cm³/mol. The fraction of sp³-hybridized carbons (Fsp3) is 0.167. The molecule has 0 bridgehead atoms. The van der Waals surface area contributed by atoms with E-state index >= 15 is 0 Å². The van der Waals surface area contributed by atoms with E-state index in [-0.39, 0.29) is 0 Å². The van der Waals surface area contributed by atoms with Gasteiger partial charge in [-0.3, -0.25) is 0 Å². The molecular weight excluding hydrogens is 357 g/mol. The summed E-state index contributed by atoms with van der Waals surface area (Å²) in [4.78, 5) is 6.71. The third-order valence-corrected chi connectivity index (χ3v) is 4.83. The lowest BCUT2D eigenvalue weighted by atomic mass is 10.0. The summed E-state index contributed by atoms with van der Waals surface area (Å²) in [7, 11) is 0. The Balaban J connectivity index is 1.63. The van der Waals surface area contributed by atoms with Gasteiger partial charge in [0.15, 0.2) is 5.82 Å². The second-order valence-corrected chi connectivity index (χ2v) is 6.59. The minimum absolute atomic E-state index is 0.485. The van der Waals surface area contributed by atoms with E-state index in [1.165, 1.54) is 5.56 Å². The molecule has 0 saturated heterocycles. The van der Waals surface area contributed by atoms with Gasteiger partial charge < -0.3 is 10.2 Å². The smallest absolute Gasteiger partial charge is 0.251 e. The van der Waals surface area contributed by atoms with Gasteiger partial charge in [0.05, 0.1) is 16.2 Å². The standard InChI is InChI=1S/C18H15Cl2N5/c19-14-8-7-13(10-15(14)20)22-17-11-21-24-18(23-17)25-9-3-5-12-4-1-2-6-16(12)25/h1-2,4,6-8,10-11H,3,5,9H2,(H,22,23,24). The molecule has 126 valence electrons. The molecule has 0 radical (unpaired) electrons. The zero-order valence-corrected chi connectivity index (χ0v) is 14.8. The SMILES string of the molecule is Clc1ccc(Nc2cnnc(N3CCCc4ccccc43)n2)cc1Cl. The number of fused-ring (bicyclic) bond motifs is 1. The van der Waals surface area contributed by atoms with Gasteiger partial charge in [-0.2, -0.15) is 10.1 Å². The molecule has 0 saturated carbocycles. The van der Waals surface area contributed by atoms with E-state index in [4.69, 9.17) is 23.2 Å². The Labute approximate surface area is 155 Å². The van der Waals surface area contributed by atoms with Crippen molar-refractivity contribution in [2.24, 2.45) is 0 Å². The van der Waals surface area contributed by atoms with Gasteiger partial charge in [-0.25, -0.2) is 0 Å². The first kappa shape index (κ1) is 16.1. The number of nitrogens with zero attached hydrogens (tertiary/aromatic N) is 4. The number of aryl methyl sites for hydroxylation is 1. The summed E-state index contributed by atoms with van der Waals surface area (Å²) in [6, 6.07) is 13.7. The normalized spacial score (nSPS) is 13.4. The van der Waals surface area contributed by atoms with Gasteiger partial charge in [0, 0.05) is 17.9 Å². The number of nitrogens with one attached hydrogen (secondary N) is 1. The summed E-state index contributed by atoms with van der Waals surface area (Å²) in [6.07, 6.45) is 3.72. The van der Waals surface area contributed by atoms with Gasteiger partial charge in [0.2, 0.25) is 0 Å². The Morgan fingerprint density at radius 2 is 1.92 bits per heavy atom. The van der Waals surface area contributed by atoms with Crippen molar-refractivity contribution in [1.29, 1.82) is 0 Å². The topological polar surface area (TPSA) is 53.9 Å². The molecule has 0 amide bonds. The van der Waals surface area contributed by atoms with Gasteiger partial charge in [-0.1, -0.05) is 41.4 Å². The van der Waals surface area contributed by atoms with Crippen molar-refractivity contribution in [3.8, 4) is 0 Å². The summed E-state index contributed by atoms with van der Waals surface area (Å²) in [5.41, 5.74) is 3.24. The second-order valence-electron chi connectivity index (χ2n) is 5.78. The van der Waals surface area contributed by atoms with E-state index in [0.717, 1.165) is 30.8 Å². The van der Waals surface area contributed by atoms with Crippen LogP contribution in [0.5, 0.6) is 0 Å². The maximum Gasteiger partial charge on any atom is 0.251 e. The van der Waals surface area contributed by atoms with Gasteiger partial charge in [-0.15, -0.1) is 5.10 Å². The van der Waals surface area contributed by atoms with Crippen molar-refractivity contribution in [2.45, 2.75) is 12.8 Å². The van der Waals surface area contributed by atoms with E-state index in [9.17, 15) is 0 Å². The van der Waals surface area contributed by atoms with E-state index in [0.29, 0.717) is 21.8 Å². The van der Waals surface area contributed by atoms with Gasteiger partial charge in [0.1, 0.15) is 0 Å². The Morgan fingerprint density at radius 1 is 1.04 bits per heavy atom. The Hall–Kier alpha value is -2.37. The summed E-state index contributed by atoms with van der Waals surface area (Å²) >= 11 is 12.0. The molecule has 0 fully saturated rings. The lowest BCUT2D eigenvalue weighted by Crippen LogP contribution is -2.26. The summed E-state index contributed by atoms with van der Waals surface area (Å²) in [5, 5.41) is 12.5. The molecule has 0 atom stereocenters. The summed E-state index contributed by atoms with van der Waals surface area (Å²) in [5.74, 6) is 1.18. The third-order valence-electron chi connectivity index (χ3n) is 4.09. The van der Waals surface area contributed by atoms with Crippen LogP contribution in [0.25, 0.3) is 0 Å². The maximum atomic E-state index is 6.06. The highest BCUT2D eigenvalue weighted by molar-refractivity contribution is 6.42. The molecule has 1 aliphatic rings.